The quantitative estimate of drug-likeness (QED) is 0.907. The predicted molar refractivity (Wildman–Crippen MR) is 79.6 cm³/mol. The minimum atomic E-state index is 0.0349. The number of fused-ring (bicyclic) bond motifs is 1. The van der Waals surface area contributed by atoms with E-state index in [1.165, 1.54) is 5.52 Å². The van der Waals surface area contributed by atoms with Gasteiger partial charge in [0.05, 0.1) is 17.1 Å². The molecule has 0 amide bonds. The van der Waals surface area contributed by atoms with Gasteiger partial charge in [-0.2, -0.15) is 0 Å². The average molecular weight is 310 g/mol. The molecule has 0 aliphatic carbocycles. The van der Waals surface area contributed by atoms with Crippen LogP contribution < -0.4 is 5.73 Å². The molecular formula is C14H20BrN3. The molecule has 2 rings (SSSR count). The van der Waals surface area contributed by atoms with Gasteiger partial charge < -0.3 is 10.3 Å². The van der Waals surface area contributed by atoms with Crippen LogP contribution in [-0.2, 0) is 6.54 Å². The second-order valence-corrected chi connectivity index (χ2v) is 5.57. The molecule has 0 bridgehead atoms. The van der Waals surface area contributed by atoms with E-state index in [1.54, 1.807) is 0 Å². The van der Waals surface area contributed by atoms with Crippen molar-refractivity contribution in [2.24, 2.45) is 5.73 Å². The maximum absolute atomic E-state index is 6.24. The molecular weight excluding hydrogens is 290 g/mol. The Morgan fingerprint density at radius 1 is 1.33 bits per heavy atom. The van der Waals surface area contributed by atoms with E-state index in [1.807, 2.05) is 0 Å². The van der Waals surface area contributed by atoms with Crippen LogP contribution in [0.5, 0.6) is 0 Å². The molecule has 2 N–H and O–H groups in total. The summed E-state index contributed by atoms with van der Waals surface area (Å²) in [4.78, 5) is 4.72. The Balaban J connectivity index is 2.53. The van der Waals surface area contributed by atoms with Crippen molar-refractivity contribution >= 4 is 27.0 Å². The van der Waals surface area contributed by atoms with Gasteiger partial charge in [0.1, 0.15) is 5.82 Å². The van der Waals surface area contributed by atoms with Crippen LogP contribution in [-0.4, -0.2) is 9.55 Å². The van der Waals surface area contributed by atoms with Gasteiger partial charge in [-0.1, -0.05) is 36.2 Å². The highest BCUT2D eigenvalue weighted by Gasteiger charge is 2.16. The van der Waals surface area contributed by atoms with Crippen molar-refractivity contribution in [2.45, 2.75) is 45.7 Å². The number of hydrogen-bond acceptors (Lipinski definition) is 2. The SMILES string of the molecule is CCCC(N)c1nc2cc(Br)ccc2n1CCC. The number of nitrogens with zero attached hydrogens (tertiary/aromatic N) is 2. The van der Waals surface area contributed by atoms with Gasteiger partial charge in [-0.3, -0.25) is 0 Å². The van der Waals surface area contributed by atoms with Crippen LogP contribution >= 0.6 is 15.9 Å². The second kappa shape index (κ2) is 5.85. The number of imidazole rings is 1. The number of hydrogen-bond donors (Lipinski definition) is 1. The summed E-state index contributed by atoms with van der Waals surface area (Å²) in [6.45, 7) is 5.31. The Labute approximate surface area is 117 Å². The van der Waals surface area contributed by atoms with E-state index in [4.69, 9.17) is 10.7 Å². The molecule has 98 valence electrons. The van der Waals surface area contributed by atoms with E-state index in [0.717, 1.165) is 41.6 Å². The molecule has 1 heterocycles. The first-order chi connectivity index (χ1) is 8.67. The molecule has 1 atom stereocenters. The zero-order chi connectivity index (χ0) is 13.1. The van der Waals surface area contributed by atoms with Crippen LogP contribution in [0.1, 0.15) is 45.0 Å². The number of benzene rings is 1. The van der Waals surface area contributed by atoms with E-state index >= 15 is 0 Å². The van der Waals surface area contributed by atoms with Crippen molar-refractivity contribution in [3.05, 3.63) is 28.5 Å². The monoisotopic (exact) mass is 309 g/mol. The largest absolute Gasteiger partial charge is 0.327 e. The highest BCUT2D eigenvalue weighted by Crippen LogP contribution is 2.25. The van der Waals surface area contributed by atoms with Crippen LogP contribution in [0.25, 0.3) is 11.0 Å². The van der Waals surface area contributed by atoms with E-state index in [2.05, 4.69) is 52.5 Å². The fraction of sp³-hybridized carbons (Fsp3) is 0.500. The lowest BCUT2D eigenvalue weighted by atomic mass is 10.1. The Kier molecular flexibility index (Phi) is 4.40. The number of halogens is 1. The van der Waals surface area contributed by atoms with E-state index in [0.29, 0.717) is 0 Å². The van der Waals surface area contributed by atoms with Crippen LogP contribution in [0, 0.1) is 0 Å². The summed E-state index contributed by atoms with van der Waals surface area (Å²) in [5, 5.41) is 0. The van der Waals surface area contributed by atoms with Crippen molar-refractivity contribution in [1.82, 2.24) is 9.55 Å². The summed E-state index contributed by atoms with van der Waals surface area (Å²) in [6.07, 6.45) is 3.15. The average Bonchev–Trinajstić information content (AvgIpc) is 2.68. The Bertz CT molecular complexity index is 533. The van der Waals surface area contributed by atoms with E-state index < -0.39 is 0 Å². The van der Waals surface area contributed by atoms with Gasteiger partial charge in [-0.05, 0) is 31.0 Å². The third-order valence-corrected chi connectivity index (χ3v) is 3.61. The maximum Gasteiger partial charge on any atom is 0.126 e. The first kappa shape index (κ1) is 13.6. The fourth-order valence-corrected chi connectivity index (χ4v) is 2.65. The normalized spacial score (nSPS) is 13.1. The minimum absolute atomic E-state index is 0.0349. The molecule has 1 unspecified atom stereocenters. The molecule has 0 aliphatic heterocycles. The van der Waals surface area contributed by atoms with Crippen LogP contribution in [0.4, 0.5) is 0 Å². The molecule has 0 fully saturated rings. The highest BCUT2D eigenvalue weighted by molar-refractivity contribution is 9.10. The molecule has 0 spiro atoms. The summed E-state index contributed by atoms with van der Waals surface area (Å²) in [5.41, 5.74) is 8.45. The summed E-state index contributed by atoms with van der Waals surface area (Å²) in [7, 11) is 0. The van der Waals surface area contributed by atoms with Gasteiger partial charge in [-0.15, -0.1) is 0 Å². The zero-order valence-corrected chi connectivity index (χ0v) is 12.6. The van der Waals surface area contributed by atoms with Gasteiger partial charge in [-0.25, -0.2) is 4.98 Å². The van der Waals surface area contributed by atoms with Gasteiger partial charge in [0.2, 0.25) is 0 Å². The van der Waals surface area contributed by atoms with Gasteiger partial charge >= 0.3 is 0 Å². The number of aromatic nitrogens is 2. The Morgan fingerprint density at radius 3 is 2.78 bits per heavy atom. The first-order valence-electron chi connectivity index (χ1n) is 6.58. The number of aryl methyl sites for hydroxylation is 1. The fourth-order valence-electron chi connectivity index (χ4n) is 2.30. The molecule has 18 heavy (non-hydrogen) atoms. The first-order valence-corrected chi connectivity index (χ1v) is 7.38. The van der Waals surface area contributed by atoms with Crippen molar-refractivity contribution in [3.63, 3.8) is 0 Å². The molecule has 0 saturated heterocycles. The molecule has 1 aromatic carbocycles. The third kappa shape index (κ3) is 2.59. The van der Waals surface area contributed by atoms with Gasteiger partial charge in [0.15, 0.2) is 0 Å². The molecule has 3 nitrogen and oxygen atoms in total. The lowest BCUT2D eigenvalue weighted by Gasteiger charge is -2.13. The van der Waals surface area contributed by atoms with Crippen molar-refractivity contribution < 1.29 is 0 Å². The smallest absolute Gasteiger partial charge is 0.126 e. The highest BCUT2D eigenvalue weighted by atomic mass is 79.9. The molecule has 0 saturated carbocycles. The molecule has 4 heteroatoms. The summed E-state index contributed by atoms with van der Waals surface area (Å²) < 4.78 is 3.33. The van der Waals surface area contributed by atoms with E-state index in [9.17, 15) is 0 Å². The van der Waals surface area contributed by atoms with Crippen LogP contribution in [0.3, 0.4) is 0 Å². The predicted octanol–water partition coefficient (Wildman–Crippen LogP) is 4.01. The van der Waals surface area contributed by atoms with Gasteiger partial charge in [0.25, 0.3) is 0 Å². The third-order valence-electron chi connectivity index (χ3n) is 3.12. The Hall–Kier alpha value is -0.870. The van der Waals surface area contributed by atoms with Crippen molar-refractivity contribution in [1.29, 1.82) is 0 Å². The van der Waals surface area contributed by atoms with E-state index in [-0.39, 0.29) is 6.04 Å². The topological polar surface area (TPSA) is 43.8 Å². The summed E-state index contributed by atoms with van der Waals surface area (Å²) >= 11 is 3.49. The summed E-state index contributed by atoms with van der Waals surface area (Å²) in [5.74, 6) is 1.02. The van der Waals surface area contributed by atoms with Crippen LogP contribution in [0.2, 0.25) is 0 Å². The number of rotatable bonds is 5. The maximum atomic E-state index is 6.24. The second-order valence-electron chi connectivity index (χ2n) is 4.65. The minimum Gasteiger partial charge on any atom is -0.327 e. The van der Waals surface area contributed by atoms with Crippen LogP contribution in [0.15, 0.2) is 22.7 Å². The Morgan fingerprint density at radius 2 is 2.11 bits per heavy atom. The lowest BCUT2D eigenvalue weighted by molar-refractivity contribution is 0.552. The molecule has 1 aromatic heterocycles. The molecule has 0 radical (unpaired) electrons. The summed E-state index contributed by atoms with van der Waals surface area (Å²) in [6, 6.07) is 6.27. The van der Waals surface area contributed by atoms with Gasteiger partial charge in [0, 0.05) is 11.0 Å². The lowest BCUT2D eigenvalue weighted by Crippen LogP contribution is -2.16. The number of nitrogens with two attached hydrogens (primary N) is 1. The van der Waals surface area contributed by atoms with Crippen molar-refractivity contribution in [3.8, 4) is 0 Å². The molecule has 0 aliphatic rings. The molecule has 2 aromatic rings. The zero-order valence-electron chi connectivity index (χ0n) is 11.0. The van der Waals surface area contributed by atoms with Crippen molar-refractivity contribution in [2.75, 3.05) is 0 Å². The standard InChI is InChI=1S/C14H20BrN3/c1-3-5-11(16)14-17-12-9-10(15)6-7-13(12)18(14)8-4-2/h6-7,9,11H,3-5,8,16H2,1-2H3.